The van der Waals surface area contributed by atoms with Crippen LogP contribution in [0.5, 0.6) is 0 Å². The molecule has 2 atom stereocenters. The minimum Gasteiger partial charge on any atom is -0.380 e. The van der Waals surface area contributed by atoms with Crippen molar-refractivity contribution < 1.29 is 4.74 Å². The second kappa shape index (κ2) is 6.51. The number of hydrogen-bond donors (Lipinski definition) is 1. The van der Waals surface area contributed by atoms with Crippen molar-refractivity contribution in [2.45, 2.75) is 51.4 Å². The number of hydrogen-bond acceptors (Lipinski definition) is 3. The van der Waals surface area contributed by atoms with E-state index >= 15 is 0 Å². The summed E-state index contributed by atoms with van der Waals surface area (Å²) in [6, 6.07) is 9.60. The van der Waals surface area contributed by atoms with Crippen molar-refractivity contribution in [3.05, 3.63) is 35.4 Å². The lowest BCUT2D eigenvalue weighted by molar-refractivity contribution is 0.0920. The summed E-state index contributed by atoms with van der Waals surface area (Å²) < 4.78 is 5.33. The Labute approximate surface area is 116 Å². The highest BCUT2D eigenvalue weighted by molar-refractivity contribution is 5.31. The Morgan fingerprint density at radius 1 is 1.37 bits per heavy atom. The van der Waals surface area contributed by atoms with Gasteiger partial charge in [0.1, 0.15) is 0 Å². The van der Waals surface area contributed by atoms with Crippen LogP contribution >= 0.6 is 0 Å². The zero-order valence-corrected chi connectivity index (χ0v) is 12.3. The summed E-state index contributed by atoms with van der Waals surface area (Å²) in [5.41, 5.74) is 9.02. The maximum atomic E-state index is 6.42. The van der Waals surface area contributed by atoms with Crippen LogP contribution in [0.15, 0.2) is 24.3 Å². The van der Waals surface area contributed by atoms with Gasteiger partial charge in [0.05, 0.1) is 12.6 Å². The van der Waals surface area contributed by atoms with Crippen LogP contribution in [0.3, 0.4) is 0 Å². The van der Waals surface area contributed by atoms with Gasteiger partial charge in [-0.1, -0.05) is 24.3 Å². The van der Waals surface area contributed by atoms with E-state index in [2.05, 4.69) is 43.0 Å². The van der Waals surface area contributed by atoms with Gasteiger partial charge in [0.25, 0.3) is 0 Å². The molecule has 3 heteroatoms. The third-order valence-corrected chi connectivity index (χ3v) is 4.05. The van der Waals surface area contributed by atoms with E-state index < -0.39 is 0 Å². The Hall–Kier alpha value is -0.900. The van der Waals surface area contributed by atoms with E-state index in [9.17, 15) is 0 Å². The van der Waals surface area contributed by atoms with Crippen molar-refractivity contribution >= 4 is 0 Å². The fourth-order valence-electron chi connectivity index (χ4n) is 3.15. The van der Waals surface area contributed by atoms with Crippen LogP contribution in [0.1, 0.15) is 43.9 Å². The number of methoxy groups -OCH3 is 1. The first-order valence-electron chi connectivity index (χ1n) is 7.23. The molecule has 0 saturated carbocycles. The molecule has 0 radical (unpaired) electrons. The highest BCUT2D eigenvalue weighted by Gasteiger charge is 2.32. The molecule has 3 nitrogen and oxygen atoms in total. The average molecular weight is 262 g/mol. The molecule has 1 aromatic rings. The van der Waals surface area contributed by atoms with Crippen molar-refractivity contribution in [2.75, 3.05) is 13.7 Å². The number of likely N-dealkylation sites (tertiary alicyclic amines) is 1. The van der Waals surface area contributed by atoms with Crippen molar-refractivity contribution in [2.24, 2.45) is 5.73 Å². The molecule has 0 amide bonds. The van der Waals surface area contributed by atoms with E-state index in [1.165, 1.54) is 17.5 Å². The maximum Gasteiger partial charge on any atom is 0.0716 e. The van der Waals surface area contributed by atoms with Crippen molar-refractivity contribution in [1.82, 2.24) is 4.90 Å². The molecule has 0 spiro atoms. The Kier molecular flexibility index (Phi) is 4.97. The molecule has 1 saturated heterocycles. The first kappa shape index (κ1) is 14.5. The Morgan fingerprint density at radius 2 is 2.11 bits per heavy atom. The highest BCUT2D eigenvalue weighted by atomic mass is 16.5. The molecule has 1 heterocycles. The van der Waals surface area contributed by atoms with Gasteiger partial charge in [0, 0.05) is 19.2 Å². The minimum absolute atomic E-state index is 0.217. The summed E-state index contributed by atoms with van der Waals surface area (Å²) in [6.45, 7) is 6.30. The molecule has 2 rings (SSSR count). The van der Waals surface area contributed by atoms with Crippen LogP contribution in [0.25, 0.3) is 0 Å². The molecule has 19 heavy (non-hydrogen) atoms. The van der Waals surface area contributed by atoms with Crippen molar-refractivity contribution in [3.8, 4) is 0 Å². The fraction of sp³-hybridized carbons (Fsp3) is 0.625. The molecule has 1 aromatic carbocycles. The predicted octanol–water partition coefficient (Wildman–Crippen LogP) is 2.71. The zero-order chi connectivity index (χ0) is 13.8. The molecular weight excluding hydrogens is 236 g/mol. The third-order valence-electron chi connectivity index (χ3n) is 4.05. The van der Waals surface area contributed by atoms with Crippen LogP contribution in [0.4, 0.5) is 0 Å². The first-order valence-corrected chi connectivity index (χ1v) is 7.23. The Morgan fingerprint density at radius 3 is 2.79 bits per heavy atom. The van der Waals surface area contributed by atoms with Gasteiger partial charge in [-0.05, 0) is 44.4 Å². The first-order chi connectivity index (χ1) is 9.15. The third kappa shape index (κ3) is 3.16. The topological polar surface area (TPSA) is 38.5 Å². The van der Waals surface area contributed by atoms with Gasteiger partial charge in [-0.15, -0.1) is 0 Å². The van der Waals surface area contributed by atoms with E-state index in [4.69, 9.17) is 10.5 Å². The molecule has 1 aliphatic rings. The van der Waals surface area contributed by atoms with Gasteiger partial charge >= 0.3 is 0 Å². The van der Waals surface area contributed by atoms with Crippen LogP contribution in [0.2, 0.25) is 0 Å². The Bertz CT molecular complexity index is 405. The van der Waals surface area contributed by atoms with Gasteiger partial charge in [-0.2, -0.15) is 0 Å². The lowest BCUT2D eigenvalue weighted by Crippen LogP contribution is -2.48. The molecule has 0 aliphatic carbocycles. The molecular formula is C16H26N2O. The summed E-state index contributed by atoms with van der Waals surface area (Å²) in [5.74, 6) is 0. The van der Waals surface area contributed by atoms with Crippen LogP contribution in [-0.2, 0) is 11.3 Å². The largest absolute Gasteiger partial charge is 0.380 e. The standard InChI is InChI=1S/C16H26N2O/c1-12(2)18-10-6-9-15(17)16(18)14-8-5-4-7-13(14)11-19-3/h4-5,7-8,12,15-16H,6,9-11,17H2,1-3H3. The quantitative estimate of drug-likeness (QED) is 0.906. The summed E-state index contributed by atoms with van der Waals surface area (Å²) >= 11 is 0. The second-order valence-corrected chi connectivity index (χ2v) is 5.71. The number of benzene rings is 1. The zero-order valence-electron chi connectivity index (χ0n) is 12.3. The van der Waals surface area contributed by atoms with Gasteiger partial charge in [0.15, 0.2) is 0 Å². The van der Waals surface area contributed by atoms with Crippen LogP contribution in [0, 0.1) is 0 Å². The van der Waals surface area contributed by atoms with E-state index in [1.54, 1.807) is 7.11 Å². The monoisotopic (exact) mass is 262 g/mol. The highest BCUT2D eigenvalue weighted by Crippen LogP contribution is 2.33. The van der Waals surface area contributed by atoms with Gasteiger partial charge in [0.2, 0.25) is 0 Å². The van der Waals surface area contributed by atoms with Crippen molar-refractivity contribution in [3.63, 3.8) is 0 Å². The SMILES string of the molecule is COCc1ccccc1C1C(N)CCCN1C(C)C. The number of rotatable bonds is 4. The van der Waals surface area contributed by atoms with Gasteiger partial charge < -0.3 is 10.5 Å². The van der Waals surface area contributed by atoms with E-state index in [-0.39, 0.29) is 6.04 Å². The number of nitrogens with two attached hydrogens (primary N) is 1. The fourth-order valence-corrected chi connectivity index (χ4v) is 3.15. The smallest absolute Gasteiger partial charge is 0.0716 e. The summed E-state index contributed by atoms with van der Waals surface area (Å²) in [4.78, 5) is 2.53. The van der Waals surface area contributed by atoms with Crippen LogP contribution in [-0.4, -0.2) is 30.6 Å². The van der Waals surface area contributed by atoms with Crippen molar-refractivity contribution in [1.29, 1.82) is 0 Å². The maximum absolute atomic E-state index is 6.42. The molecule has 1 aliphatic heterocycles. The lowest BCUT2D eigenvalue weighted by atomic mass is 9.87. The minimum atomic E-state index is 0.217. The molecule has 2 unspecified atom stereocenters. The lowest BCUT2D eigenvalue weighted by Gasteiger charge is -2.43. The van der Waals surface area contributed by atoms with Gasteiger partial charge in [-0.3, -0.25) is 4.90 Å². The molecule has 2 N–H and O–H groups in total. The molecule has 1 fully saturated rings. The average Bonchev–Trinajstić information content (AvgIpc) is 2.40. The summed E-state index contributed by atoms with van der Waals surface area (Å²) in [5, 5.41) is 0. The van der Waals surface area contributed by atoms with Gasteiger partial charge in [-0.25, -0.2) is 0 Å². The Balaban J connectivity index is 2.35. The normalized spacial score (nSPS) is 24.9. The summed E-state index contributed by atoms with van der Waals surface area (Å²) in [6.07, 6.45) is 2.30. The van der Waals surface area contributed by atoms with E-state index in [0.717, 1.165) is 13.0 Å². The molecule has 0 aromatic heterocycles. The van der Waals surface area contributed by atoms with E-state index in [0.29, 0.717) is 18.7 Å². The van der Waals surface area contributed by atoms with Crippen LogP contribution < -0.4 is 5.73 Å². The second-order valence-electron chi connectivity index (χ2n) is 5.71. The summed E-state index contributed by atoms with van der Waals surface area (Å²) in [7, 11) is 1.75. The van der Waals surface area contributed by atoms with E-state index in [1.807, 2.05) is 0 Å². The number of ether oxygens (including phenoxy) is 1. The molecule has 106 valence electrons. The predicted molar refractivity (Wildman–Crippen MR) is 78.9 cm³/mol. The number of piperidine rings is 1. The molecule has 0 bridgehead atoms. The number of nitrogens with zero attached hydrogens (tertiary/aromatic N) is 1.